The molecule has 2 aliphatic heterocycles. The summed E-state index contributed by atoms with van der Waals surface area (Å²) in [5, 5.41) is 0.757. The van der Waals surface area contributed by atoms with Gasteiger partial charge >= 0.3 is 0 Å². The minimum absolute atomic E-state index is 0.542. The van der Waals surface area contributed by atoms with Crippen LogP contribution in [0, 0.1) is 0 Å². The van der Waals surface area contributed by atoms with Crippen LogP contribution in [0.25, 0.3) is 0 Å². The molecule has 13 heavy (non-hydrogen) atoms. The molecule has 0 aromatic rings. The fourth-order valence-electron chi connectivity index (χ4n) is 1.10. The zero-order valence-electron chi connectivity index (χ0n) is 7.26. The molecule has 0 saturated carbocycles. The summed E-state index contributed by atoms with van der Waals surface area (Å²) < 4.78 is 0. The van der Waals surface area contributed by atoms with Crippen LogP contribution in [0.15, 0.2) is 20.0 Å². The van der Waals surface area contributed by atoms with Crippen molar-refractivity contribution >= 4 is 47.0 Å². The van der Waals surface area contributed by atoms with E-state index in [4.69, 9.17) is 0 Å². The molecule has 2 rings (SSSR count). The zero-order valence-corrected chi connectivity index (χ0v) is 8.89. The highest BCUT2D eigenvalue weighted by Gasteiger charge is 2.38. The Morgan fingerprint density at radius 1 is 1.38 bits per heavy atom. The molecule has 0 radical (unpaired) electrons. The van der Waals surface area contributed by atoms with Crippen LogP contribution >= 0.6 is 23.5 Å². The van der Waals surface area contributed by atoms with E-state index in [1.165, 1.54) is 11.8 Å². The zero-order chi connectivity index (χ0) is 9.31. The van der Waals surface area contributed by atoms with Crippen molar-refractivity contribution < 1.29 is 0 Å². The molecular formula is C7H8N4S2. The highest BCUT2D eigenvalue weighted by Crippen LogP contribution is 2.33. The summed E-state index contributed by atoms with van der Waals surface area (Å²) in [6, 6.07) is 0. The van der Waals surface area contributed by atoms with Crippen LogP contribution in [0.5, 0.6) is 0 Å². The van der Waals surface area contributed by atoms with Crippen molar-refractivity contribution in [3.63, 3.8) is 0 Å². The maximum Gasteiger partial charge on any atom is 0.245 e. The van der Waals surface area contributed by atoms with E-state index in [0.717, 1.165) is 10.9 Å². The summed E-state index contributed by atoms with van der Waals surface area (Å²) in [4.78, 5) is 16.4. The summed E-state index contributed by atoms with van der Waals surface area (Å²) in [6.07, 6.45) is 7.21. The molecule has 68 valence electrons. The molecule has 0 aliphatic carbocycles. The quantitative estimate of drug-likeness (QED) is 0.657. The summed E-state index contributed by atoms with van der Waals surface area (Å²) in [5.74, 6) is 0. The Kier molecular flexibility index (Phi) is 2.25. The van der Waals surface area contributed by atoms with Crippen molar-refractivity contribution in [3.8, 4) is 0 Å². The number of amidine groups is 1. The van der Waals surface area contributed by atoms with Gasteiger partial charge in [-0.25, -0.2) is 20.0 Å². The summed E-state index contributed by atoms with van der Waals surface area (Å²) >= 11 is 3.08. The predicted octanol–water partition coefficient (Wildman–Crippen LogP) is 1.29. The number of nitrogens with zero attached hydrogens (tertiary/aromatic N) is 4. The van der Waals surface area contributed by atoms with E-state index in [1.807, 2.05) is 12.5 Å². The number of hydrogen-bond donors (Lipinski definition) is 0. The van der Waals surface area contributed by atoms with Gasteiger partial charge in [0.15, 0.2) is 5.17 Å². The number of rotatable bonds is 1. The van der Waals surface area contributed by atoms with Gasteiger partial charge in [0.2, 0.25) is 4.99 Å². The van der Waals surface area contributed by atoms with Crippen molar-refractivity contribution in [2.24, 2.45) is 20.0 Å². The smallest absolute Gasteiger partial charge is 0.234 e. The van der Waals surface area contributed by atoms with Crippen LogP contribution in [0.1, 0.15) is 0 Å². The normalized spacial score (nSPS) is 30.0. The number of aliphatic imine (C=N–C) groups is 4. The molecule has 0 bridgehead atoms. The van der Waals surface area contributed by atoms with Crippen LogP contribution < -0.4 is 0 Å². The van der Waals surface area contributed by atoms with Crippen molar-refractivity contribution in [2.45, 2.75) is 4.99 Å². The number of hydrogen-bond acceptors (Lipinski definition) is 6. The van der Waals surface area contributed by atoms with Gasteiger partial charge in [-0.15, -0.1) is 11.8 Å². The van der Waals surface area contributed by atoms with E-state index in [0.29, 0.717) is 0 Å². The van der Waals surface area contributed by atoms with Crippen molar-refractivity contribution in [3.05, 3.63) is 0 Å². The first-order chi connectivity index (χ1) is 6.30. The van der Waals surface area contributed by atoms with E-state index >= 15 is 0 Å². The van der Waals surface area contributed by atoms with E-state index in [1.54, 1.807) is 24.3 Å². The minimum atomic E-state index is -0.542. The third kappa shape index (κ3) is 1.34. The topological polar surface area (TPSA) is 49.4 Å². The Balaban J connectivity index is 2.42. The fourth-order valence-corrected chi connectivity index (χ4v) is 2.18. The standard InChI is InChI=1S/C7H8N4S2/c1-12-6-8-3-5-7(11-6,13-2)10-4-9-5/h3-4H,1-2H3. The van der Waals surface area contributed by atoms with E-state index < -0.39 is 4.99 Å². The average Bonchev–Trinajstić information content (AvgIpc) is 2.60. The maximum atomic E-state index is 4.43. The Labute approximate surface area is 84.7 Å². The van der Waals surface area contributed by atoms with Crippen LogP contribution in [0.3, 0.4) is 0 Å². The van der Waals surface area contributed by atoms with E-state index in [9.17, 15) is 0 Å². The third-order valence-corrected chi connectivity index (χ3v) is 3.31. The second-order valence-electron chi connectivity index (χ2n) is 2.43. The largest absolute Gasteiger partial charge is 0.245 e. The second-order valence-corrected chi connectivity index (χ2v) is 4.18. The summed E-state index contributed by atoms with van der Waals surface area (Å²) in [5.41, 5.74) is 0.817. The first kappa shape index (κ1) is 8.96. The second kappa shape index (κ2) is 3.26. The molecule has 0 amide bonds. The molecule has 1 atom stereocenters. The lowest BCUT2D eigenvalue weighted by Gasteiger charge is -2.22. The molecule has 0 N–H and O–H groups in total. The molecule has 2 aliphatic rings. The molecular weight excluding hydrogens is 204 g/mol. The van der Waals surface area contributed by atoms with E-state index in [-0.39, 0.29) is 0 Å². The van der Waals surface area contributed by atoms with Gasteiger partial charge in [0.1, 0.15) is 12.1 Å². The molecule has 1 unspecified atom stereocenters. The Bertz CT molecular complexity index is 344. The molecule has 0 fully saturated rings. The molecule has 0 aromatic carbocycles. The van der Waals surface area contributed by atoms with Crippen molar-refractivity contribution in [1.82, 2.24) is 0 Å². The van der Waals surface area contributed by atoms with Crippen molar-refractivity contribution in [2.75, 3.05) is 12.5 Å². The summed E-state index contributed by atoms with van der Waals surface area (Å²) in [6.45, 7) is 0. The SMILES string of the molecule is CSC1=NC2(SC)N=CN=C2C=N1. The van der Waals surface area contributed by atoms with Gasteiger partial charge in [-0.05, 0) is 12.5 Å². The van der Waals surface area contributed by atoms with Gasteiger partial charge in [-0.3, -0.25) is 0 Å². The molecule has 0 spiro atoms. The Morgan fingerprint density at radius 3 is 2.92 bits per heavy atom. The van der Waals surface area contributed by atoms with Crippen molar-refractivity contribution in [1.29, 1.82) is 0 Å². The van der Waals surface area contributed by atoms with Gasteiger partial charge in [-0.2, -0.15) is 0 Å². The molecule has 6 heteroatoms. The first-order valence-electron chi connectivity index (χ1n) is 3.66. The average molecular weight is 212 g/mol. The molecule has 0 aromatic heterocycles. The van der Waals surface area contributed by atoms with Crippen LogP contribution in [0.4, 0.5) is 0 Å². The van der Waals surface area contributed by atoms with Crippen LogP contribution in [0.2, 0.25) is 0 Å². The lowest BCUT2D eigenvalue weighted by Crippen LogP contribution is -2.33. The molecule has 2 heterocycles. The lowest BCUT2D eigenvalue weighted by atomic mass is 10.3. The highest BCUT2D eigenvalue weighted by molar-refractivity contribution is 8.13. The van der Waals surface area contributed by atoms with Gasteiger partial charge < -0.3 is 0 Å². The van der Waals surface area contributed by atoms with Crippen LogP contribution in [-0.4, -0.2) is 40.9 Å². The first-order valence-corrected chi connectivity index (χ1v) is 6.11. The maximum absolute atomic E-state index is 4.43. The van der Waals surface area contributed by atoms with E-state index in [2.05, 4.69) is 20.0 Å². The van der Waals surface area contributed by atoms with Crippen LogP contribution in [-0.2, 0) is 0 Å². The Hall–Kier alpha value is -0.620. The van der Waals surface area contributed by atoms with Gasteiger partial charge in [0.25, 0.3) is 0 Å². The lowest BCUT2D eigenvalue weighted by molar-refractivity contribution is 0.880. The number of thioether (sulfide) groups is 2. The van der Waals surface area contributed by atoms with Gasteiger partial charge in [0.05, 0.1) is 6.21 Å². The molecule has 4 nitrogen and oxygen atoms in total. The third-order valence-electron chi connectivity index (χ3n) is 1.77. The monoisotopic (exact) mass is 212 g/mol. The molecule has 0 saturated heterocycles. The minimum Gasteiger partial charge on any atom is -0.234 e. The number of fused-ring (bicyclic) bond motifs is 1. The van der Waals surface area contributed by atoms with Gasteiger partial charge in [-0.1, -0.05) is 11.8 Å². The fraction of sp³-hybridized carbons (Fsp3) is 0.429. The van der Waals surface area contributed by atoms with Gasteiger partial charge in [0, 0.05) is 0 Å². The Morgan fingerprint density at radius 2 is 2.23 bits per heavy atom. The predicted molar refractivity (Wildman–Crippen MR) is 61.6 cm³/mol. The highest BCUT2D eigenvalue weighted by atomic mass is 32.2. The summed E-state index contributed by atoms with van der Waals surface area (Å²) in [7, 11) is 0.